The molecule has 0 aromatic rings. The predicted octanol–water partition coefficient (Wildman–Crippen LogP) is -0.386. The summed E-state index contributed by atoms with van der Waals surface area (Å²) in [6.45, 7) is 1.49. The molecule has 5 heteroatoms. The maximum Gasteiger partial charge on any atom is 0.229 e. The summed E-state index contributed by atoms with van der Waals surface area (Å²) in [6.07, 6.45) is 4.27. The van der Waals surface area contributed by atoms with Gasteiger partial charge < -0.3 is 19.2 Å². The lowest BCUT2D eigenvalue weighted by Crippen LogP contribution is -2.40. The van der Waals surface area contributed by atoms with Crippen molar-refractivity contribution in [1.29, 1.82) is 0 Å². The molecule has 3 rings (SSSR count). The number of fused-ring (bicyclic) bond motifs is 5. The van der Waals surface area contributed by atoms with Gasteiger partial charge in [0.1, 0.15) is 6.29 Å². The Balaban J connectivity index is 1.87. The Labute approximate surface area is 99.4 Å². The van der Waals surface area contributed by atoms with Crippen LogP contribution in [0.2, 0.25) is 0 Å². The van der Waals surface area contributed by atoms with Crippen LogP contribution in [0, 0.1) is 11.3 Å². The smallest absolute Gasteiger partial charge is 0.229 e. The molecule has 0 saturated carbocycles. The Hall–Kier alpha value is -1.20. The molecule has 5 nitrogen and oxygen atoms in total. The zero-order valence-electron chi connectivity index (χ0n) is 9.67. The van der Waals surface area contributed by atoms with Gasteiger partial charge in [-0.3, -0.25) is 4.79 Å². The van der Waals surface area contributed by atoms with Crippen LogP contribution in [0.4, 0.5) is 0 Å². The highest BCUT2D eigenvalue weighted by atomic mass is 16.5. The molecule has 0 aromatic carbocycles. The summed E-state index contributed by atoms with van der Waals surface area (Å²) in [7, 11) is 1.60. The van der Waals surface area contributed by atoms with E-state index < -0.39 is 5.41 Å². The first-order chi connectivity index (χ1) is 8.23. The number of aldehydes is 1. The number of rotatable bonds is 4. The number of amides is 1. The Morgan fingerprint density at radius 1 is 1.65 bits per heavy atom. The molecule has 2 fully saturated rings. The van der Waals surface area contributed by atoms with Gasteiger partial charge >= 0.3 is 0 Å². The number of methoxy groups -OCH3 is 1. The molecule has 92 valence electrons. The highest BCUT2D eigenvalue weighted by Gasteiger charge is 2.65. The minimum Gasteiger partial charge on any atom is -0.383 e. The summed E-state index contributed by atoms with van der Waals surface area (Å²) in [5.41, 5.74) is -0.662. The molecule has 3 unspecified atom stereocenters. The molecule has 1 amide bonds. The van der Waals surface area contributed by atoms with E-state index in [0.29, 0.717) is 19.7 Å². The Morgan fingerprint density at radius 3 is 3.12 bits per heavy atom. The molecule has 0 spiro atoms. The third kappa shape index (κ3) is 1.26. The highest BCUT2D eigenvalue weighted by molar-refractivity contribution is 5.90. The summed E-state index contributed by atoms with van der Waals surface area (Å²) in [5.74, 6) is -0.308. The molecule has 3 heterocycles. The van der Waals surface area contributed by atoms with Gasteiger partial charge in [-0.15, -0.1) is 0 Å². The lowest BCUT2D eigenvalue weighted by molar-refractivity contribution is -0.133. The third-order valence-corrected chi connectivity index (χ3v) is 4.04. The number of carbonyl (C=O) groups excluding carboxylic acids is 2. The van der Waals surface area contributed by atoms with E-state index in [4.69, 9.17) is 9.47 Å². The quantitative estimate of drug-likeness (QED) is 0.494. The zero-order valence-corrected chi connectivity index (χ0v) is 9.67. The van der Waals surface area contributed by atoms with E-state index >= 15 is 0 Å². The summed E-state index contributed by atoms with van der Waals surface area (Å²) in [5, 5.41) is 0. The van der Waals surface area contributed by atoms with Crippen LogP contribution in [-0.2, 0) is 19.1 Å². The SMILES string of the molecule is COCCN1CC2(C=O)C3C=CC(O3)[C@H]2C1=O. The second-order valence-electron chi connectivity index (χ2n) is 4.87. The topological polar surface area (TPSA) is 55.8 Å². The first-order valence-corrected chi connectivity index (χ1v) is 5.81. The van der Waals surface area contributed by atoms with E-state index in [2.05, 4.69) is 0 Å². The van der Waals surface area contributed by atoms with E-state index in [1.807, 2.05) is 12.2 Å². The van der Waals surface area contributed by atoms with Crippen molar-refractivity contribution in [2.45, 2.75) is 12.2 Å². The minimum atomic E-state index is -0.662. The van der Waals surface area contributed by atoms with Crippen molar-refractivity contribution < 1.29 is 19.1 Å². The normalized spacial score (nSPS) is 42.3. The molecular formula is C12H15NO4. The van der Waals surface area contributed by atoms with Crippen molar-refractivity contribution in [3.05, 3.63) is 12.2 Å². The van der Waals surface area contributed by atoms with Crippen molar-refractivity contribution in [3.8, 4) is 0 Å². The van der Waals surface area contributed by atoms with Crippen molar-refractivity contribution in [3.63, 3.8) is 0 Å². The third-order valence-electron chi connectivity index (χ3n) is 4.04. The summed E-state index contributed by atoms with van der Waals surface area (Å²) in [6, 6.07) is 0. The Kier molecular flexibility index (Phi) is 2.34. The molecular weight excluding hydrogens is 222 g/mol. The Bertz CT molecular complexity index is 394. The van der Waals surface area contributed by atoms with Crippen molar-refractivity contribution in [2.75, 3.05) is 26.8 Å². The predicted molar refractivity (Wildman–Crippen MR) is 58.2 cm³/mol. The number of hydrogen-bond donors (Lipinski definition) is 0. The monoisotopic (exact) mass is 237 g/mol. The van der Waals surface area contributed by atoms with Crippen LogP contribution in [0.3, 0.4) is 0 Å². The van der Waals surface area contributed by atoms with E-state index in [9.17, 15) is 9.59 Å². The lowest BCUT2D eigenvalue weighted by atomic mass is 9.72. The van der Waals surface area contributed by atoms with E-state index in [1.54, 1.807) is 12.0 Å². The molecule has 2 saturated heterocycles. The number of carbonyl (C=O) groups is 2. The largest absolute Gasteiger partial charge is 0.383 e. The van der Waals surface area contributed by atoms with E-state index in [0.717, 1.165) is 6.29 Å². The standard InChI is InChI=1S/C12H15NO4/c1-16-5-4-13-6-12(7-14)9-3-2-8(17-9)10(12)11(13)15/h2-3,7-10H,4-6H2,1H3/t8?,9?,10-,12?/m0/s1. The van der Waals surface area contributed by atoms with E-state index in [1.165, 1.54) is 0 Å². The lowest BCUT2D eigenvalue weighted by Gasteiger charge is -2.25. The fourth-order valence-electron chi connectivity index (χ4n) is 3.18. The second-order valence-corrected chi connectivity index (χ2v) is 4.87. The highest BCUT2D eigenvalue weighted by Crippen LogP contribution is 2.52. The van der Waals surface area contributed by atoms with Crippen molar-refractivity contribution in [2.24, 2.45) is 11.3 Å². The number of hydrogen-bond acceptors (Lipinski definition) is 4. The average Bonchev–Trinajstić information content (AvgIpc) is 2.98. The Morgan fingerprint density at radius 2 is 2.47 bits per heavy atom. The average molecular weight is 237 g/mol. The van der Waals surface area contributed by atoms with E-state index in [-0.39, 0.29) is 24.0 Å². The zero-order chi connectivity index (χ0) is 12.0. The van der Waals surface area contributed by atoms with Crippen LogP contribution in [0.25, 0.3) is 0 Å². The van der Waals surface area contributed by atoms with Gasteiger partial charge in [0.2, 0.25) is 5.91 Å². The molecule has 3 aliphatic heterocycles. The van der Waals surface area contributed by atoms with Gasteiger partial charge in [-0.1, -0.05) is 12.2 Å². The second kappa shape index (κ2) is 3.65. The van der Waals surface area contributed by atoms with Gasteiger partial charge in [-0.05, 0) is 0 Å². The molecule has 17 heavy (non-hydrogen) atoms. The number of ether oxygens (including phenoxy) is 2. The minimum absolute atomic E-state index is 0.0194. The molecule has 2 bridgehead atoms. The summed E-state index contributed by atoms with van der Waals surface area (Å²) >= 11 is 0. The van der Waals surface area contributed by atoms with Gasteiger partial charge in [0.05, 0.1) is 30.1 Å². The molecule has 4 atom stereocenters. The first-order valence-electron chi connectivity index (χ1n) is 5.81. The van der Waals surface area contributed by atoms with Gasteiger partial charge in [-0.2, -0.15) is 0 Å². The molecule has 0 aliphatic carbocycles. The summed E-state index contributed by atoms with van der Waals surface area (Å²) < 4.78 is 10.6. The van der Waals surface area contributed by atoms with Gasteiger partial charge in [-0.25, -0.2) is 0 Å². The van der Waals surface area contributed by atoms with Gasteiger partial charge in [0.15, 0.2) is 0 Å². The van der Waals surface area contributed by atoms with Crippen LogP contribution < -0.4 is 0 Å². The summed E-state index contributed by atoms with van der Waals surface area (Å²) in [4.78, 5) is 25.4. The fraction of sp³-hybridized carbons (Fsp3) is 0.667. The maximum absolute atomic E-state index is 12.2. The van der Waals surface area contributed by atoms with Crippen LogP contribution in [0.1, 0.15) is 0 Å². The molecule has 3 aliphatic rings. The van der Waals surface area contributed by atoms with Crippen LogP contribution in [0.5, 0.6) is 0 Å². The van der Waals surface area contributed by atoms with Crippen LogP contribution >= 0.6 is 0 Å². The molecule has 0 N–H and O–H groups in total. The van der Waals surface area contributed by atoms with Gasteiger partial charge in [0, 0.05) is 20.2 Å². The molecule has 0 radical (unpaired) electrons. The number of nitrogens with zero attached hydrogens (tertiary/aromatic N) is 1. The molecule has 0 aromatic heterocycles. The first kappa shape index (κ1) is 10.9. The van der Waals surface area contributed by atoms with Gasteiger partial charge in [0.25, 0.3) is 0 Å². The van der Waals surface area contributed by atoms with Crippen molar-refractivity contribution in [1.82, 2.24) is 4.90 Å². The van der Waals surface area contributed by atoms with Crippen molar-refractivity contribution >= 4 is 12.2 Å². The number of likely N-dealkylation sites (tertiary alicyclic amines) is 1. The van der Waals surface area contributed by atoms with Crippen LogP contribution in [0.15, 0.2) is 12.2 Å². The van der Waals surface area contributed by atoms with Crippen LogP contribution in [-0.4, -0.2) is 56.1 Å². The maximum atomic E-state index is 12.2. The fourth-order valence-corrected chi connectivity index (χ4v) is 3.18.